The lowest BCUT2D eigenvalue weighted by molar-refractivity contribution is -0.128. The summed E-state index contributed by atoms with van der Waals surface area (Å²) >= 11 is 7.82. The number of hydrogen-bond donors (Lipinski definition) is 1. The van der Waals surface area contributed by atoms with Gasteiger partial charge in [-0.2, -0.15) is 0 Å². The van der Waals surface area contributed by atoms with Crippen LogP contribution in [0.25, 0.3) is 0 Å². The molecule has 0 unspecified atom stereocenters. The van der Waals surface area contributed by atoms with Gasteiger partial charge in [-0.15, -0.1) is 11.8 Å². The molecule has 158 valence electrons. The normalized spacial score (nSPS) is 16.5. The van der Waals surface area contributed by atoms with E-state index in [0.29, 0.717) is 18.1 Å². The number of nitrogens with one attached hydrogen (secondary N) is 1. The van der Waals surface area contributed by atoms with E-state index < -0.39 is 11.2 Å². The highest BCUT2D eigenvalue weighted by atomic mass is 35.5. The van der Waals surface area contributed by atoms with Crippen molar-refractivity contribution in [2.24, 2.45) is 5.92 Å². The molecule has 1 heterocycles. The minimum atomic E-state index is -0.506. The number of thioether (sulfide) groups is 1. The van der Waals surface area contributed by atoms with Crippen LogP contribution in [0.5, 0.6) is 0 Å². The molecule has 4 rings (SSSR count). The van der Waals surface area contributed by atoms with Crippen molar-refractivity contribution in [3.63, 3.8) is 0 Å². The fourth-order valence-corrected chi connectivity index (χ4v) is 5.08. The van der Waals surface area contributed by atoms with Crippen molar-refractivity contribution in [2.45, 2.75) is 30.2 Å². The van der Waals surface area contributed by atoms with Crippen LogP contribution in [0.3, 0.4) is 0 Å². The number of fused-ring (bicyclic) bond motifs is 1. The molecule has 3 aromatic carbocycles. The highest BCUT2D eigenvalue weighted by molar-refractivity contribution is 8.01. The highest BCUT2D eigenvalue weighted by Gasteiger charge is 2.39. The molecule has 2 atom stereocenters. The Kier molecular flexibility index (Phi) is 6.64. The van der Waals surface area contributed by atoms with E-state index in [4.69, 9.17) is 11.6 Å². The highest BCUT2D eigenvalue weighted by Crippen LogP contribution is 2.42. The maximum absolute atomic E-state index is 13.5. The van der Waals surface area contributed by atoms with E-state index in [9.17, 15) is 9.59 Å². The first-order chi connectivity index (χ1) is 15.0. The molecule has 4 nitrogen and oxygen atoms in total. The van der Waals surface area contributed by atoms with Crippen LogP contribution in [0.1, 0.15) is 18.1 Å². The van der Waals surface area contributed by atoms with Crippen molar-refractivity contribution in [3.8, 4) is 0 Å². The van der Waals surface area contributed by atoms with Crippen LogP contribution in [0, 0.1) is 5.92 Å². The van der Waals surface area contributed by atoms with E-state index in [1.165, 1.54) is 11.8 Å². The van der Waals surface area contributed by atoms with E-state index in [2.05, 4.69) is 5.32 Å². The fourth-order valence-electron chi connectivity index (χ4n) is 3.60. The molecule has 6 heteroatoms. The number of anilines is 1. The van der Waals surface area contributed by atoms with Gasteiger partial charge in [-0.25, -0.2) is 0 Å². The number of carbonyl (C=O) groups is 2. The molecule has 1 aliphatic rings. The second-order valence-electron chi connectivity index (χ2n) is 7.51. The Morgan fingerprint density at radius 2 is 1.71 bits per heavy atom. The van der Waals surface area contributed by atoms with Crippen LogP contribution in [0.4, 0.5) is 5.69 Å². The number of para-hydroxylation sites is 1. The molecular weight excluding hydrogens is 428 g/mol. The zero-order valence-electron chi connectivity index (χ0n) is 17.1. The summed E-state index contributed by atoms with van der Waals surface area (Å²) in [7, 11) is 0. The van der Waals surface area contributed by atoms with Crippen LogP contribution in [-0.4, -0.2) is 17.1 Å². The van der Waals surface area contributed by atoms with E-state index in [-0.39, 0.29) is 11.8 Å². The van der Waals surface area contributed by atoms with Gasteiger partial charge in [0.15, 0.2) is 0 Å². The number of amides is 2. The van der Waals surface area contributed by atoms with Gasteiger partial charge in [0.05, 0.1) is 18.2 Å². The van der Waals surface area contributed by atoms with Crippen molar-refractivity contribution in [1.29, 1.82) is 0 Å². The second kappa shape index (κ2) is 9.58. The van der Waals surface area contributed by atoms with Crippen LogP contribution < -0.4 is 10.2 Å². The van der Waals surface area contributed by atoms with Gasteiger partial charge in [-0.05, 0) is 29.3 Å². The Morgan fingerprint density at radius 3 is 2.48 bits per heavy atom. The summed E-state index contributed by atoms with van der Waals surface area (Å²) in [6, 6.07) is 25.1. The third-order valence-electron chi connectivity index (χ3n) is 5.38. The second-order valence-corrected chi connectivity index (χ2v) is 9.10. The van der Waals surface area contributed by atoms with Crippen molar-refractivity contribution in [2.75, 3.05) is 4.90 Å². The quantitative estimate of drug-likeness (QED) is 0.554. The van der Waals surface area contributed by atoms with Gasteiger partial charge in [0.1, 0.15) is 5.25 Å². The lowest BCUT2D eigenvalue weighted by Gasteiger charge is -2.36. The lowest BCUT2D eigenvalue weighted by atomic mass is 10.0. The molecule has 0 saturated heterocycles. The first-order valence-electron chi connectivity index (χ1n) is 10.2. The summed E-state index contributed by atoms with van der Waals surface area (Å²) < 4.78 is 0. The van der Waals surface area contributed by atoms with Crippen LogP contribution in [-0.2, 0) is 22.7 Å². The average Bonchev–Trinajstić information content (AvgIpc) is 2.80. The summed E-state index contributed by atoms with van der Waals surface area (Å²) in [5.74, 6) is -0.693. The predicted molar refractivity (Wildman–Crippen MR) is 126 cm³/mol. The summed E-state index contributed by atoms with van der Waals surface area (Å²) in [4.78, 5) is 29.1. The van der Waals surface area contributed by atoms with Crippen LogP contribution in [0.15, 0.2) is 83.8 Å². The van der Waals surface area contributed by atoms with Gasteiger partial charge in [0, 0.05) is 16.5 Å². The van der Waals surface area contributed by atoms with Crippen molar-refractivity contribution in [3.05, 3.63) is 95.0 Å². The number of carbonyl (C=O) groups excluding carboxylic acids is 2. The van der Waals surface area contributed by atoms with Crippen molar-refractivity contribution in [1.82, 2.24) is 5.32 Å². The third-order valence-corrected chi connectivity index (χ3v) is 7.21. The molecule has 2 amide bonds. The van der Waals surface area contributed by atoms with Gasteiger partial charge in [-0.1, -0.05) is 79.2 Å². The third kappa shape index (κ3) is 4.78. The standard InChI is InChI=1S/C25H23ClN2O2S/c1-17(24(29)27-15-18-9-3-2-4-10-18)23-25(30)28(16-19-11-5-6-12-20(19)26)21-13-7-8-14-22(21)31-23/h2-14,17,23H,15-16H2,1H3,(H,27,29)/t17-,23-/m1/s1. The smallest absolute Gasteiger partial charge is 0.241 e. The SMILES string of the molecule is C[C@@H](C(=O)NCc1ccccc1)[C@H]1Sc2ccccc2N(Cc2ccccc2Cl)C1=O. The Balaban J connectivity index is 1.55. The number of halogens is 1. The van der Waals surface area contributed by atoms with Gasteiger partial charge in [-0.3, -0.25) is 9.59 Å². The number of nitrogens with zero attached hydrogens (tertiary/aromatic N) is 1. The van der Waals surface area contributed by atoms with E-state index in [1.807, 2.05) is 85.8 Å². The average molecular weight is 451 g/mol. The summed E-state index contributed by atoms with van der Waals surface area (Å²) in [5.41, 5.74) is 2.75. The fraction of sp³-hybridized carbons (Fsp3) is 0.200. The molecule has 1 N–H and O–H groups in total. The molecule has 0 saturated carbocycles. The van der Waals surface area contributed by atoms with Crippen molar-refractivity contribution < 1.29 is 9.59 Å². The lowest BCUT2D eigenvalue weighted by Crippen LogP contribution is -2.47. The molecule has 1 aliphatic heterocycles. The topological polar surface area (TPSA) is 49.4 Å². The molecule has 3 aromatic rings. The Labute approximate surface area is 191 Å². The molecule has 0 aliphatic carbocycles. The van der Waals surface area contributed by atoms with Gasteiger partial charge >= 0.3 is 0 Å². The van der Waals surface area contributed by atoms with E-state index in [0.717, 1.165) is 21.7 Å². The Hall–Kier alpha value is -2.76. The zero-order chi connectivity index (χ0) is 21.8. The molecule has 31 heavy (non-hydrogen) atoms. The molecule has 0 aromatic heterocycles. The maximum Gasteiger partial charge on any atom is 0.241 e. The van der Waals surface area contributed by atoms with Crippen molar-refractivity contribution >= 4 is 40.9 Å². The number of rotatable bonds is 6. The zero-order valence-corrected chi connectivity index (χ0v) is 18.7. The monoisotopic (exact) mass is 450 g/mol. The molecule has 0 fully saturated rings. The maximum atomic E-state index is 13.5. The van der Waals surface area contributed by atoms with Gasteiger partial charge < -0.3 is 10.2 Å². The Morgan fingerprint density at radius 1 is 1.03 bits per heavy atom. The summed E-state index contributed by atoms with van der Waals surface area (Å²) in [6.07, 6.45) is 0. The summed E-state index contributed by atoms with van der Waals surface area (Å²) in [5, 5.41) is 3.09. The van der Waals surface area contributed by atoms with E-state index >= 15 is 0 Å². The predicted octanol–water partition coefficient (Wildman–Crippen LogP) is 5.30. The molecular formula is C25H23ClN2O2S. The van der Waals surface area contributed by atoms with E-state index in [1.54, 1.807) is 4.90 Å². The van der Waals surface area contributed by atoms with Crippen LogP contribution in [0.2, 0.25) is 5.02 Å². The minimum Gasteiger partial charge on any atom is -0.352 e. The van der Waals surface area contributed by atoms with Gasteiger partial charge in [0.2, 0.25) is 11.8 Å². The molecule has 0 spiro atoms. The largest absolute Gasteiger partial charge is 0.352 e. The summed E-state index contributed by atoms with van der Waals surface area (Å²) in [6.45, 7) is 2.62. The molecule has 0 radical (unpaired) electrons. The number of hydrogen-bond acceptors (Lipinski definition) is 3. The number of benzene rings is 3. The first-order valence-corrected chi connectivity index (χ1v) is 11.4. The van der Waals surface area contributed by atoms with Gasteiger partial charge in [0.25, 0.3) is 0 Å². The van der Waals surface area contributed by atoms with Crippen LogP contribution >= 0.6 is 23.4 Å². The Bertz CT molecular complexity index is 1090. The minimum absolute atomic E-state index is 0.0778. The molecule has 0 bridgehead atoms. The first kappa shape index (κ1) is 21.5.